The van der Waals surface area contributed by atoms with E-state index >= 15 is 0 Å². The summed E-state index contributed by atoms with van der Waals surface area (Å²) in [6.45, 7) is 7.26. The van der Waals surface area contributed by atoms with Crippen LogP contribution in [0.5, 0.6) is 17.2 Å². The molecule has 0 aliphatic rings. The lowest BCUT2D eigenvalue weighted by Crippen LogP contribution is -2.24. The standard InChI is InChI=1S/C27H30BrN3O4/c1-27(2,3)20-10-12-22(13-11-20)34-14-15-35-25-23(28)16-19(17-24(25)33-4)18-29-31-26(32)30-21-8-6-5-7-9-21/h5-13,16-18H,14-15H2,1-4H3,(H2,30,31,32)/b29-18+. The van der Waals surface area contributed by atoms with Gasteiger partial charge in [0.1, 0.15) is 19.0 Å². The average Bonchev–Trinajstić information content (AvgIpc) is 2.83. The molecule has 3 aromatic carbocycles. The van der Waals surface area contributed by atoms with Crippen molar-refractivity contribution in [2.24, 2.45) is 5.10 Å². The van der Waals surface area contributed by atoms with Crippen LogP contribution in [0.1, 0.15) is 31.9 Å². The molecule has 0 spiro atoms. The molecule has 3 rings (SSSR count). The molecular formula is C27H30BrN3O4. The number of hydrogen-bond acceptors (Lipinski definition) is 5. The quantitative estimate of drug-likeness (QED) is 0.188. The second kappa shape index (κ2) is 12.3. The maximum atomic E-state index is 12.0. The number of rotatable bonds is 9. The smallest absolute Gasteiger partial charge is 0.339 e. The van der Waals surface area contributed by atoms with E-state index in [2.05, 4.69) is 64.7 Å². The van der Waals surface area contributed by atoms with Crippen molar-refractivity contribution in [1.82, 2.24) is 5.43 Å². The molecule has 8 heteroatoms. The van der Waals surface area contributed by atoms with Gasteiger partial charge in [0.2, 0.25) is 0 Å². The zero-order valence-electron chi connectivity index (χ0n) is 20.3. The van der Waals surface area contributed by atoms with Crippen LogP contribution < -0.4 is 25.0 Å². The third-order valence-electron chi connectivity index (χ3n) is 4.98. The third kappa shape index (κ3) is 8.03. The number of urea groups is 1. The lowest BCUT2D eigenvalue weighted by Gasteiger charge is -2.19. The Hall–Kier alpha value is -3.52. The van der Waals surface area contributed by atoms with Gasteiger partial charge >= 0.3 is 6.03 Å². The zero-order chi connectivity index (χ0) is 25.3. The van der Waals surface area contributed by atoms with Crippen LogP contribution >= 0.6 is 15.9 Å². The van der Waals surface area contributed by atoms with Gasteiger partial charge in [-0.1, -0.05) is 51.1 Å². The van der Waals surface area contributed by atoms with Crippen molar-refractivity contribution < 1.29 is 19.0 Å². The summed E-state index contributed by atoms with van der Waals surface area (Å²) in [6.07, 6.45) is 1.52. The van der Waals surface area contributed by atoms with Crippen LogP contribution in [0, 0.1) is 0 Å². The van der Waals surface area contributed by atoms with Gasteiger partial charge in [0.25, 0.3) is 0 Å². The van der Waals surface area contributed by atoms with Crippen molar-refractivity contribution >= 4 is 33.9 Å². The lowest BCUT2D eigenvalue weighted by molar-refractivity contribution is 0.210. The Morgan fingerprint density at radius 1 is 1.00 bits per heavy atom. The van der Waals surface area contributed by atoms with E-state index in [1.807, 2.05) is 36.4 Å². The van der Waals surface area contributed by atoms with Crippen LogP contribution in [0.2, 0.25) is 0 Å². The summed E-state index contributed by atoms with van der Waals surface area (Å²) in [4.78, 5) is 12.0. The van der Waals surface area contributed by atoms with Gasteiger partial charge in [0.05, 0.1) is 17.8 Å². The van der Waals surface area contributed by atoms with Gasteiger partial charge in [-0.05, 0) is 68.9 Å². The van der Waals surface area contributed by atoms with Crippen molar-refractivity contribution in [2.45, 2.75) is 26.2 Å². The molecule has 0 aliphatic heterocycles. The van der Waals surface area contributed by atoms with E-state index < -0.39 is 6.03 Å². The topological polar surface area (TPSA) is 81.2 Å². The molecule has 0 aromatic heterocycles. The number of carbonyl (C=O) groups is 1. The largest absolute Gasteiger partial charge is 0.493 e. The first-order valence-corrected chi connectivity index (χ1v) is 11.9. The molecule has 0 bridgehead atoms. The van der Waals surface area contributed by atoms with Crippen molar-refractivity contribution in [3.8, 4) is 17.2 Å². The second-order valence-electron chi connectivity index (χ2n) is 8.70. The number of amides is 2. The van der Waals surface area contributed by atoms with E-state index in [0.717, 1.165) is 11.3 Å². The zero-order valence-corrected chi connectivity index (χ0v) is 21.9. The first kappa shape index (κ1) is 26.1. The first-order chi connectivity index (χ1) is 16.8. The molecular weight excluding hydrogens is 510 g/mol. The van der Waals surface area contributed by atoms with Gasteiger partial charge in [0, 0.05) is 5.69 Å². The fourth-order valence-corrected chi connectivity index (χ4v) is 3.73. The Balaban J connectivity index is 1.52. The van der Waals surface area contributed by atoms with Gasteiger partial charge in [0.15, 0.2) is 11.5 Å². The molecule has 184 valence electrons. The number of anilines is 1. The molecule has 7 nitrogen and oxygen atoms in total. The number of ether oxygens (including phenoxy) is 3. The van der Waals surface area contributed by atoms with Gasteiger partial charge in [-0.3, -0.25) is 0 Å². The SMILES string of the molecule is COc1cc(/C=N/NC(=O)Nc2ccccc2)cc(Br)c1OCCOc1ccc(C(C)(C)C)cc1. The Kier molecular flexibility index (Phi) is 9.14. The fourth-order valence-electron chi connectivity index (χ4n) is 3.15. The highest BCUT2D eigenvalue weighted by Crippen LogP contribution is 2.36. The molecule has 0 heterocycles. The van der Waals surface area contributed by atoms with E-state index in [1.54, 1.807) is 25.3 Å². The highest BCUT2D eigenvalue weighted by atomic mass is 79.9. The second-order valence-corrected chi connectivity index (χ2v) is 9.55. The minimum absolute atomic E-state index is 0.103. The van der Waals surface area contributed by atoms with E-state index in [9.17, 15) is 4.79 Å². The van der Waals surface area contributed by atoms with Gasteiger partial charge in [-0.25, -0.2) is 10.2 Å². The highest BCUT2D eigenvalue weighted by Gasteiger charge is 2.14. The van der Waals surface area contributed by atoms with Gasteiger partial charge in [-0.15, -0.1) is 0 Å². The molecule has 0 radical (unpaired) electrons. The molecule has 35 heavy (non-hydrogen) atoms. The number of methoxy groups -OCH3 is 1. The third-order valence-corrected chi connectivity index (χ3v) is 5.57. The summed E-state index contributed by atoms with van der Waals surface area (Å²) in [6, 6.07) is 20.4. The van der Waals surface area contributed by atoms with Crippen molar-refractivity contribution in [1.29, 1.82) is 0 Å². The Morgan fingerprint density at radius 3 is 2.34 bits per heavy atom. The summed E-state index contributed by atoms with van der Waals surface area (Å²) in [5.74, 6) is 1.89. The Bertz CT molecular complexity index is 1140. The van der Waals surface area contributed by atoms with Crippen LogP contribution in [-0.2, 0) is 5.41 Å². The first-order valence-electron chi connectivity index (χ1n) is 11.1. The summed E-state index contributed by atoms with van der Waals surface area (Å²) in [5, 5.41) is 6.68. The minimum atomic E-state index is -0.438. The number of halogens is 1. The van der Waals surface area contributed by atoms with Crippen molar-refractivity contribution in [3.05, 3.63) is 82.3 Å². The van der Waals surface area contributed by atoms with Gasteiger partial charge in [-0.2, -0.15) is 5.10 Å². The number of carbonyl (C=O) groups excluding carboxylic acids is 1. The molecule has 0 saturated carbocycles. The number of nitrogens with one attached hydrogen (secondary N) is 2. The number of hydrazone groups is 1. The Labute approximate surface area is 214 Å². The molecule has 0 atom stereocenters. The molecule has 2 N–H and O–H groups in total. The van der Waals surface area contributed by atoms with Crippen molar-refractivity contribution in [3.63, 3.8) is 0 Å². The van der Waals surface area contributed by atoms with E-state index in [1.165, 1.54) is 11.8 Å². The number of benzene rings is 3. The van der Waals surface area contributed by atoms with Gasteiger partial charge < -0.3 is 19.5 Å². The number of nitrogens with zero attached hydrogens (tertiary/aromatic N) is 1. The summed E-state index contributed by atoms with van der Waals surface area (Å²) < 4.78 is 17.9. The molecule has 0 fully saturated rings. The van der Waals surface area contributed by atoms with Crippen LogP contribution in [0.25, 0.3) is 0 Å². The van der Waals surface area contributed by atoms with E-state index in [4.69, 9.17) is 14.2 Å². The maximum Gasteiger partial charge on any atom is 0.339 e. The minimum Gasteiger partial charge on any atom is -0.493 e. The highest BCUT2D eigenvalue weighted by molar-refractivity contribution is 9.10. The average molecular weight is 540 g/mol. The monoisotopic (exact) mass is 539 g/mol. The molecule has 0 saturated heterocycles. The summed E-state index contributed by atoms with van der Waals surface area (Å²) in [5.41, 5.74) is 5.19. The van der Waals surface area contributed by atoms with Crippen LogP contribution in [0.3, 0.4) is 0 Å². The maximum absolute atomic E-state index is 12.0. The lowest BCUT2D eigenvalue weighted by atomic mass is 9.87. The number of hydrogen-bond donors (Lipinski definition) is 2. The van der Waals surface area contributed by atoms with Crippen LogP contribution in [-0.4, -0.2) is 32.6 Å². The fraction of sp³-hybridized carbons (Fsp3) is 0.259. The van der Waals surface area contributed by atoms with E-state index in [-0.39, 0.29) is 5.41 Å². The molecule has 0 aliphatic carbocycles. The molecule has 2 amide bonds. The summed E-state index contributed by atoms with van der Waals surface area (Å²) >= 11 is 3.52. The van der Waals surface area contributed by atoms with E-state index in [0.29, 0.717) is 34.9 Å². The molecule has 0 unspecified atom stereocenters. The molecule has 3 aromatic rings. The number of para-hydroxylation sites is 1. The van der Waals surface area contributed by atoms with Crippen LogP contribution in [0.15, 0.2) is 76.3 Å². The van der Waals surface area contributed by atoms with Crippen LogP contribution in [0.4, 0.5) is 10.5 Å². The predicted molar refractivity (Wildman–Crippen MR) is 143 cm³/mol. The van der Waals surface area contributed by atoms with Crippen molar-refractivity contribution in [2.75, 3.05) is 25.6 Å². The Morgan fingerprint density at radius 2 is 1.69 bits per heavy atom. The summed E-state index contributed by atoms with van der Waals surface area (Å²) in [7, 11) is 1.56. The predicted octanol–water partition coefficient (Wildman–Crippen LogP) is 6.37. The normalized spacial score (nSPS) is 11.2.